The average molecular weight is 145 g/mol. The predicted octanol–water partition coefficient (Wildman–Crippen LogP) is 1.73. The van der Waals surface area contributed by atoms with E-state index in [0.29, 0.717) is 5.92 Å². The van der Waals surface area contributed by atoms with Crippen LogP contribution >= 0.6 is 0 Å². The molecule has 0 spiro atoms. The van der Waals surface area contributed by atoms with Gasteiger partial charge in [0.05, 0.1) is 0 Å². The molecule has 10 heavy (non-hydrogen) atoms. The summed E-state index contributed by atoms with van der Waals surface area (Å²) < 4.78 is 12.9. The van der Waals surface area contributed by atoms with Gasteiger partial charge in [-0.15, -0.1) is 0 Å². The number of alkyl halides is 1. The van der Waals surface area contributed by atoms with E-state index in [9.17, 15) is 4.39 Å². The van der Waals surface area contributed by atoms with Crippen LogP contribution in [0.1, 0.15) is 26.7 Å². The topological polar surface area (TPSA) is 12.0 Å². The average Bonchev–Trinajstić information content (AvgIpc) is 1.78. The summed E-state index contributed by atoms with van der Waals surface area (Å²) >= 11 is 0. The van der Waals surface area contributed by atoms with Crippen LogP contribution in [0.2, 0.25) is 0 Å². The molecule has 1 fully saturated rings. The lowest BCUT2D eigenvalue weighted by atomic mass is 9.73. The second-order valence-corrected chi connectivity index (χ2v) is 3.50. The SMILES string of the molecule is CCNCC1CC(C)(F)C1. The zero-order valence-corrected chi connectivity index (χ0v) is 6.78. The zero-order valence-electron chi connectivity index (χ0n) is 6.78. The van der Waals surface area contributed by atoms with Crippen molar-refractivity contribution in [2.75, 3.05) is 13.1 Å². The Kier molecular flexibility index (Phi) is 2.29. The minimum absolute atomic E-state index is 0.593. The van der Waals surface area contributed by atoms with Crippen LogP contribution in [0.5, 0.6) is 0 Å². The number of nitrogens with one attached hydrogen (secondary N) is 1. The Morgan fingerprint density at radius 1 is 1.60 bits per heavy atom. The Bertz CT molecular complexity index is 104. The van der Waals surface area contributed by atoms with Gasteiger partial charge in [0.15, 0.2) is 0 Å². The van der Waals surface area contributed by atoms with E-state index < -0.39 is 5.67 Å². The predicted molar refractivity (Wildman–Crippen MR) is 40.8 cm³/mol. The fourth-order valence-corrected chi connectivity index (χ4v) is 1.64. The van der Waals surface area contributed by atoms with Crippen molar-refractivity contribution in [1.29, 1.82) is 0 Å². The van der Waals surface area contributed by atoms with Crippen LogP contribution in [0.15, 0.2) is 0 Å². The van der Waals surface area contributed by atoms with Crippen LogP contribution in [0.4, 0.5) is 4.39 Å². The van der Waals surface area contributed by atoms with Gasteiger partial charge in [-0.25, -0.2) is 4.39 Å². The highest BCUT2D eigenvalue weighted by Crippen LogP contribution is 2.39. The van der Waals surface area contributed by atoms with E-state index in [4.69, 9.17) is 0 Å². The summed E-state index contributed by atoms with van der Waals surface area (Å²) in [4.78, 5) is 0. The van der Waals surface area contributed by atoms with Gasteiger partial charge < -0.3 is 5.32 Å². The van der Waals surface area contributed by atoms with E-state index in [0.717, 1.165) is 25.9 Å². The molecule has 1 aliphatic rings. The molecule has 0 atom stereocenters. The minimum atomic E-state index is -0.847. The molecule has 1 N–H and O–H groups in total. The van der Waals surface area contributed by atoms with Crippen LogP contribution in [0, 0.1) is 5.92 Å². The first kappa shape index (κ1) is 7.99. The molecule has 60 valence electrons. The summed E-state index contributed by atoms with van der Waals surface area (Å²) in [6.45, 7) is 5.76. The van der Waals surface area contributed by atoms with Crippen LogP contribution < -0.4 is 5.32 Å². The lowest BCUT2D eigenvalue weighted by Gasteiger charge is -2.38. The standard InChI is InChI=1S/C8H16FN/c1-3-10-6-7-4-8(2,9)5-7/h7,10H,3-6H2,1-2H3. The monoisotopic (exact) mass is 145 g/mol. The van der Waals surface area contributed by atoms with Gasteiger partial charge in [0.2, 0.25) is 0 Å². The molecular weight excluding hydrogens is 129 g/mol. The van der Waals surface area contributed by atoms with Crippen molar-refractivity contribution in [3.63, 3.8) is 0 Å². The van der Waals surface area contributed by atoms with Crippen molar-refractivity contribution in [2.24, 2.45) is 5.92 Å². The smallest absolute Gasteiger partial charge is 0.108 e. The summed E-state index contributed by atoms with van der Waals surface area (Å²) in [5, 5.41) is 3.22. The second kappa shape index (κ2) is 2.87. The Balaban J connectivity index is 2.03. The molecule has 0 bridgehead atoms. The third kappa shape index (κ3) is 1.94. The Morgan fingerprint density at radius 3 is 2.60 bits per heavy atom. The molecule has 0 unspecified atom stereocenters. The van der Waals surface area contributed by atoms with Gasteiger partial charge >= 0.3 is 0 Å². The van der Waals surface area contributed by atoms with E-state index in [1.165, 1.54) is 0 Å². The molecular formula is C8H16FN. The van der Waals surface area contributed by atoms with Gasteiger partial charge in [0, 0.05) is 0 Å². The van der Waals surface area contributed by atoms with Crippen molar-refractivity contribution in [3.8, 4) is 0 Å². The summed E-state index contributed by atoms with van der Waals surface area (Å²) in [6, 6.07) is 0. The van der Waals surface area contributed by atoms with Gasteiger partial charge in [-0.05, 0) is 38.8 Å². The van der Waals surface area contributed by atoms with Crippen molar-refractivity contribution >= 4 is 0 Å². The molecule has 1 nitrogen and oxygen atoms in total. The highest BCUT2D eigenvalue weighted by atomic mass is 19.1. The van der Waals surface area contributed by atoms with E-state index >= 15 is 0 Å². The van der Waals surface area contributed by atoms with Crippen LogP contribution in [-0.2, 0) is 0 Å². The van der Waals surface area contributed by atoms with Gasteiger partial charge in [-0.3, -0.25) is 0 Å². The van der Waals surface area contributed by atoms with Crippen LogP contribution in [0.3, 0.4) is 0 Å². The van der Waals surface area contributed by atoms with Crippen molar-refractivity contribution in [1.82, 2.24) is 5.32 Å². The van der Waals surface area contributed by atoms with Gasteiger partial charge in [-0.1, -0.05) is 6.92 Å². The summed E-state index contributed by atoms with van der Waals surface area (Å²) in [5.74, 6) is 0.593. The number of rotatable bonds is 3. The molecule has 0 aromatic carbocycles. The van der Waals surface area contributed by atoms with Crippen LogP contribution in [-0.4, -0.2) is 18.8 Å². The molecule has 0 amide bonds. The quantitative estimate of drug-likeness (QED) is 0.637. The van der Waals surface area contributed by atoms with Crippen molar-refractivity contribution < 1.29 is 4.39 Å². The lowest BCUT2D eigenvalue weighted by molar-refractivity contribution is 0.0260. The van der Waals surface area contributed by atoms with Gasteiger partial charge in [0.25, 0.3) is 0 Å². The number of hydrogen-bond acceptors (Lipinski definition) is 1. The number of hydrogen-bond donors (Lipinski definition) is 1. The molecule has 1 aliphatic carbocycles. The first-order chi connectivity index (χ1) is 4.64. The first-order valence-electron chi connectivity index (χ1n) is 4.04. The maximum absolute atomic E-state index is 12.9. The Labute approximate surface area is 62.0 Å². The highest BCUT2D eigenvalue weighted by molar-refractivity contribution is 4.91. The van der Waals surface area contributed by atoms with Crippen molar-refractivity contribution in [3.05, 3.63) is 0 Å². The molecule has 0 saturated heterocycles. The normalized spacial score (nSPS) is 39.3. The summed E-state index contributed by atoms with van der Waals surface area (Å²) in [7, 11) is 0. The van der Waals surface area contributed by atoms with Crippen LogP contribution in [0.25, 0.3) is 0 Å². The lowest BCUT2D eigenvalue weighted by Crippen LogP contribution is -2.41. The number of halogens is 1. The molecule has 0 aromatic heterocycles. The van der Waals surface area contributed by atoms with Gasteiger partial charge in [-0.2, -0.15) is 0 Å². The van der Waals surface area contributed by atoms with E-state index in [1.54, 1.807) is 6.92 Å². The Morgan fingerprint density at radius 2 is 2.20 bits per heavy atom. The molecule has 0 radical (unpaired) electrons. The first-order valence-corrected chi connectivity index (χ1v) is 4.04. The fraction of sp³-hybridized carbons (Fsp3) is 1.00. The maximum Gasteiger partial charge on any atom is 0.108 e. The molecule has 0 aromatic rings. The Hall–Kier alpha value is -0.110. The summed E-state index contributed by atoms with van der Waals surface area (Å²) in [5.41, 5.74) is -0.847. The molecule has 1 rings (SSSR count). The molecule has 2 heteroatoms. The molecule has 1 saturated carbocycles. The minimum Gasteiger partial charge on any atom is -0.317 e. The summed E-state index contributed by atoms with van der Waals surface area (Å²) in [6.07, 6.45) is 1.50. The second-order valence-electron chi connectivity index (χ2n) is 3.50. The molecule has 0 heterocycles. The van der Waals surface area contributed by atoms with E-state index in [1.807, 2.05) is 0 Å². The van der Waals surface area contributed by atoms with Gasteiger partial charge in [0.1, 0.15) is 5.67 Å². The zero-order chi connectivity index (χ0) is 7.61. The highest BCUT2D eigenvalue weighted by Gasteiger charge is 2.39. The fourth-order valence-electron chi connectivity index (χ4n) is 1.64. The van der Waals surface area contributed by atoms with E-state index in [2.05, 4.69) is 12.2 Å². The van der Waals surface area contributed by atoms with E-state index in [-0.39, 0.29) is 0 Å². The maximum atomic E-state index is 12.9. The molecule has 0 aliphatic heterocycles. The largest absolute Gasteiger partial charge is 0.317 e. The van der Waals surface area contributed by atoms with Crippen molar-refractivity contribution in [2.45, 2.75) is 32.4 Å². The third-order valence-electron chi connectivity index (χ3n) is 2.11. The third-order valence-corrected chi connectivity index (χ3v) is 2.11.